The highest BCUT2D eigenvalue weighted by Crippen LogP contribution is 2.20. The van der Waals surface area contributed by atoms with Gasteiger partial charge in [-0.1, -0.05) is 53.7 Å². The predicted molar refractivity (Wildman–Crippen MR) is 252 cm³/mol. The summed E-state index contributed by atoms with van der Waals surface area (Å²) in [5, 5.41) is 58.3. The van der Waals surface area contributed by atoms with Crippen molar-refractivity contribution in [2.75, 3.05) is 19.6 Å². The molecule has 1 aromatic carbocycles. The van der Waals surface area contributed by atoms with Crippen molar-refractivity contribution in [3.63, 3.8) is 0 Å². The Kier molecular flexibility index (Phi) is 26.1. The monoisotopic (exact) mass is 992 g/mol. The largest absolute Gasteiger partial charge is 0.508 e. The minimum Gasteiger partial charge on any atom is -0.508 e. The zero-order valence-electron chi connectivity index (χ0n) is 41.1. The zero-order chi connectivity index (χ0) is 53.5. The van der Waals surface area contributed by atoms with E-state index in [1.807, 2.05) is 0 Å². The molecule has 0 saturated heterocycles. The number of aromatic hydroxyl groups is 1. The fourth-order valence-electron chi connectivity index (χ4n) is 6.70. The van der Waals surface area contributed by atoms with Gasteiger partial charge in [0.2, 0.25) is 47.3 Å². The Labute approximate surface area is 407 Å². The molecule has 392 valence electrons. The molecule has 0 aliphatic rings. The van der Waals surface area contributed by atoms with E-state index in [1.54, 1.807) is 41.5 Å². The molecule has 8 amide bonds. The van der Waals surface area contributed by atoms with E-state index in [2.05, 4.69) is 42.5 Å². The maximum Gasteiger partial charge on any atom is 0.326 e. The molecule has 0 fully saturated rings. The SMILES string of the molecule is CC(C)C[C@H](NC(=O)[C@@H](NC(=O)CN)C(C)C)C(=O)N[C@@H](CCCCNC(=O)CC(C)(C)C(=O)O)C(=O)N[C@@H](CCC(=O)O)C(=O)N[C@@H](Cc1ccc(O)cc1)C(=O)NCC(=O)N[C@H](C(=O)O)C(C)C. The maximum atomic E-state index is 14.2. The number of rotatable bonds is 32. The van der Waals surface area contributed by atoms with Gasteiger partial charge in [-0.05, 0) is 81.4 Å². The van der Waals surface area contributed by atoms with Crippen LogP contribution >= 0.6 is 0 Å². The second-order valence-corrected chi connectivity index (χ2v) is 18.7. The molecule has 0 spiro atoms. The van der Waals surface area contributed by atoms with Crippen LogP contribution < -0.4 is 48.3 Å². The number of nitrogens with two attached hydrogens (primary N) is 1. The number of amides is 8. The van der Waals surface area contributed by atoms with Crippen LogP contribution in [0.2, 0.25) is 0 Å². The van der Waals surface area contributed by atoms with Gasteiger partial charge in [-0.15, -0.1) is 0 Å². The third kappa shape index (κ3) is 23.0. The summed E-state index contributed by atoms with van der Waals surface area (Å²) >= 11 is 0. The predicted octanol–water partition coefficient (Wildman–Crippen LogP) is -0.987. The first-order valence-corrected chi connectivity index (χ1v) is 23.1. The number of phenols is 1. The summed E-state index contributed by atoms with van der Waals surface area (Å²) in [5.41, 5.74) is 4.51. The summed E-state index contributed by atoms with van der Waals surface area (Å²) in [5.74, 6) is -11.6. The fourth-order valence-corrected chi connectivity index (χ4v) is 6.70. The Morgan fingerprint density at radius 2 is 1.10 bits per heavy atom. The van der Waals surface area contributed by atoms with Crippen molar-refractivity contribution < 1.29 is 73.2 Å². The van der Waals surface area contributed by atoms with Gasteiger partial charge in [0.15, 0.2) is 0 Å². The molecule has 70 heavy (non-hydrogen) atoms. The van der Waals surface area contributed by atoms with Gasteiger partial charge in [0.25, 0.3) is 0 Å². The first-order valence-electron chi connectivity index (χ1n) is 23.1. The van der Waals surface area contributed by atoms with E-state index >= 15 is 0 Å². The van der Waals surface area contributed by atoms with Crippen molar-refractivity contribution in [2.45, 2.75) is 143 Å². The third-order valence-corrected chi connectivity index (χ3v) is 10.8. The number of carboxylic acid groups (broad SMARTS) is 3. The smallest absolute Gasteiger partial charge is 0.326 e. The van der Waals surface area contributed by atoms with E-state index in [1.165, 1.54) is 38.1 Å². The second kappa shape index (κ2) is 29.9. The van der Waals surface area contributed by atoms with E-state index in [4.69, 9.17) is 5.73 Å². The van der Waals surface area contributed by atoms with Gasteiger partial charge in [0, 0.05) is 25.8 Å². The highest BCUT2D eigenvalue weighted by Gasteiger charge is 2.35. The first kappa shape index (κ1) is 61.2. The molecule has 24 nitrogen and oxygen atoms in total. The van der Waals surface area contributed by atoms with Gasteiger partial charge in [-0.2, -0.15) is 0 Å². The standard InChI is InChI=1S/C46H73N9O15/c1-24(2)19-31(53-43(66)37(25(3)4)54-34(58)22-47)42(65)50-29(11-9-10-18-48-33(57)21-46(7,8)45(69)70)40(63)51-30(16-17-36(60)61)41(64)52-32(20-27-12-14-28(56)15-13-27)39(62)49-23-35(59)55-38(26(5)6)44(67)68/h12-15,24-26,29-32,37-38,56H,9-11,16-23,47H2,1-8H3,(H,48,57)(H,49,62)(H,50,65)(H,51,63)(H,52,64)(H,53,66)(H,54,58)(H,55,59)(H,60,61)(H,67,68)(H,69,70)/t29-,30-,31-,32-,37-,38-/m0/s1. The van der Waals surface area contributed by atoms with Gasteiger partial charge in [0.05, 0.1) is 18.5 Å². The number of carbonyl (C=O) groups excluding carboxylic acids is 8. The minimum atomic E-state index is -1.66. The number of carbonyl (C=O) groups is 11. The van der Waals surface area contributed by atoms with Gasteiger partial charge < -0.3 is 68.7 Å². The molecule has 0 aliphatic carbocycles. The summed E-state index contributed by atoms with van der Waals surface area (Å²) < 4.78 is 0. The summed E-state index contributed by atoms with van der Waals surface area (Å²) in [6.45, 7) is 11.7. The number of phenolic OH excluding ortho intramolecular Hbond substituents is 1. The molecule has 0 saturated carbocycles. The number of benzene rings is 1. The van der Waals surface area contributed by atoms with Crippen molar-refractivity contribution in [1.29, 1.82) is 0 Å². The molecule has 14 N–H and O–H groups in total. The number of hydrogen-bond acceptors (Lipinski definition) is 13. The van der Waals surface area contributed by atoms with E-state index in [9.17, 15) is 73.2 Å². The molecule has 0 radical (unpaired) electrons. The molecule has 1 rings (SSSR count). The van der Waals surface area contributed by atoms with Gasteiger partial charge in [0.1, 0.15) is 42.0 Å². The summed E-state index contributed by atoms with van der Waals surface area (Å²) in [4.78, 5) is 142. The van der Waals surface area contributed by atoms with Crippen LogP contribution in [0.15, 0.2) is 24.3 Å². The summed E-state index contributed by atoms with van der Waals surface area (Å²) in [7, 11) is 0. The topological polar surface area (TPSA) is 391 Å². The Bertz CT molecular complexity index is 1990. The van der Waals surface area contributed by atoms with Crippen molar-refractivity contribution in [2.24, 2.45) is 28.9 Å². The minimum absolute atomic E-state index is 0.0433. The third-order valence-electron chi connectivity index (χ3n) is 10.8. The van der Waals surface area contributed by atoms with Crippen molar-refractivity contribution in [1.82, 2.24) is 42.5 Å². The van der Waals surface area contributed by atoms with Crippen LogP contribution in [0.3, 0.4) is 0 Å². The van der Waals surface area contributed by atoms with Crippen LogP contribution in [0.5, 0.6) is 5.75 Å². The Hall–Kier alpha value is -6.85. The average molecular weight is 992 g/mol. The molecule has 24 heteroatoms. The zero-order valence-corrected chi connectivity index (χ0v) is 41.1. The molecule has 6 atom stereocenters. The number of hydrogen-bond donors (Lipinski definition) is 13. The normalized spacial score (nSPS) is 13.9. The van der Waals surface area contributed by atoms with Gasteiger partial charge in [-0.25, -0.2) is 4.79 Å². The van der Waals surface area contributed by atoms with Crippen molar-refractivity contribution in [3.8, 4) is 5.75 Å². The molecule has 0 aliphatic heterocycles. The Balaban J connectivity index is 3.56. The van der Waals surface area contributed by atoms with Gasteiger partial charge in [-0.3, -0.25) is 47.9 Å². The summed E-state index contributed by atoms with van der Waals surface area (Å²) in [6.07, 6.45) is -1.48. The molecule has 0 bridgehead atoms. The van der Waals surface area contributed by atoms with Gasteiger partial charge >= 0.3 is 17.9 Å². The number of nitrogens with one attached hydrogen (secondary N) is 8. The number of unbranched alkanes of at least 4 members (excludes halogenated alkanes) is 1. The second-order valence-electron chi connectivity index (χ2n) is 18.7. The van der Waals surface area contributed by atoms with Crippen LogP contribution in [0.25, 0.3) is 0 Å². The van der Waals surface area contributed by atoms with E-state index in [0.29, 0.717) is 5.56 Å². The molecular weight excluding hydrogens is 919 g/mol. The highest BCUT2D eigenvalue weighted by atomic mass is 16.4. The van der Waals surface area contributed by atoms with Crippen LogP contribution in [0.4, 0.5) is 0 Å². The highest BCUT2D eigenvalue weighted by molar-refractivity contribution is 5.97. The van der Waals surface area contributed by atoms with Crippen LogP contribution in [0, 0.1) is 23.2 Å². The molecule has 0 aromatic heterocycles. The lowest BCUT2D eigenvalue weighted by atomic mass is 9.89. The maximum absolute atomic E-state index is 14.2. The lowest BCUT2D eigenvalue weighted by molar-refractivity contribution is -0.149. The van der Waals surface area contributed by atoms with E-state index in [-0.39, 0.29) is 56.7 Å². The lowest BCUT2D eigenvalue weighted by Crippen LogP contribution is -2.60. The number of aliphatic carboxylic acids is 3. The lowest BCUT2D eigenvalue weighted by Gasteiger charge is -2.28. The molecular formula is C46H73N9O15. The van der Waals surface area contributed by atoms with Crippen LogP contribution in [-0.4, -0.2) is 141 Å². The first-order chi connectivity index (χ1) is 32.6. The quantitative estimate of drug-likeness (QED) is 0.0386. The summed E-state index contributed by atoms with van der Waals surface area (Å²) in [6, 6.07) is -2.73. The molecule has 0 heterocycles. The van der Waals surface area contributed by atoms with Crippen LogP contribution in [-0.2, 0) is 59.2 Å². The van der Waals surface area contributed by atoms with E-state index < -0.39 is 145 Å². The van der Waals surface area contributed by atoms with Crippen LogP contribution in [0.1, 0.15) is 106 Å². The molecule has 1 aromatic rings. The van der Waals surface area contributed by atoms with Crippen molar-refractivity contribution in [3.05, 3.63) is 29.8 Å². The Morgan fingerprint density at radius 1 is 0.586 bits per heavy atom. The average Bonchev–Trinajstić information content (AvgIpc) is 3.26. The van der Waals surface area contributed by atoms with Crippen molar-refractivity contribution >= 4 is 65.2 Å². The fraction of sp³-hybridized carbons (Fsp3) is 0.630. The molecule has 0 unspecified atom stereocenters. The number of carboxylic acids is 3. The Morgan fingerprint density at radius 3 is 1.60 bits per heavy atom. The van der Waals surface area contributed by atoms with E-state index in [0.717, 1.165) is 0 Å².